The van der Waals surface area contributed by atoms with Crippen molar-refractivity contribution in [3.63, 3.8) is 0 Å². The van der Waals surface area contributed by atoms with E-state index in [0.717, 1.165) is 17.7 Å². The molecule has 0 saturated heterocycles. The Balaban J connectivity index is 2.16. The van der Waals surface area contributed by atoms with Crippen LogP contribution in [-0.4, -0.2) is 11.7 Å². The molecule has 0 fully saturated rings. The molecule has 1 unspecified atom stereocenters. The van der Waals surface area contributed by atoms with E-state index in [1.165, 1.54) is 19.3 Å². The first kappa shape index (κ1) is 17.9. The molecule has 5 heteroatoms. The van der Waals surface area contributed by atoms with E-state index in [1.807, 2.05) is 18.2 Å². The van der Waals surface area contributed by atoms with Gasteiger partial charge in [0.1, 0.15) is 0 Å². The van der Waals surface area contributed by atoms with Crippen molar-refractivity contribution in [2.45, 2.75) is 44.9 Å². The van der Waals surface area contributed by atoms with E-state index in [1.54, 1.807) is 17.8 Å². The van der Waals surface area contributed by atoms with E-state index < -0.39 is 0 Å². The van der Waals surface area contributed by atoms with Crippen LogP contribution in [0, 0.1) is 11.3 Å². The summed E-state index contributed by atoms with van der Waals surface area (Å²) in [6.45, 7) is 2.18. The summed E-state index contributed by atoms with van der Waals surface area (Å²) >= 11 is 7.63. The van der Waals surface area contributed by atoms with Crippen LogP contribution in [0.25, 0.3) is 0 Å². The van der Waals surface area contributed by atoms with Crippen molar-refractivity contribution in [3.8, 4) is 6.07 Å². The summed E-state index contributed by atoms with van der Waals surface area (Å²) in [4.78, 5) is 12.0. The largest absolute Gasteiger partial charge is 0.320 e. The minimum absolute atomic E-state index is 0.0370. The Hall–Kier alpha value is -1.44. The Kier molecular flexibility index (Phi) is 7.01. The number of nitriles is 1. The standard InChI is InChI=1S/C18H21ClN2OS/c1-2-3-4-5-9-23-18-16(12-20)15(11-17(22)21-18)13-7-6-8-14(19)10-13/h6-8,10,15H,2-5,9,11H2,1H3,(H,21,22). The van der Waals surface area contributed by atoms with Crippen LogP contribution in [-0.2, 0) is 4.79 Å². The fraction of sp³-hybridized carbons (Fsp3) is 0.444. The number of halogens is 1. The van der Waals surface area contributed by atoms with Gasteiger partial charge in [0, 0.05) is 17.4 Å². The van der Waals surface area contributed by atoms with Crippen molar-refractivity contribution < 1.29 is 4.79 Å². The molecule has 1 amide bonds. The van der Waals surface area contributed by atoms with Crippen molar-refractivity contribution in [1.29, 1.82) is 5.26 Å². The highest BCUT2D eigenvalue weighted by molar-refractivity contribution is 8.03. The minimum Gasteiger partial charge on any atom is -0.320 e. The van der Waals surface area contributed by atoms with Crippen LogP contribution in [0.3, 0.4) is 0 Å². The van der Waals surface area contributed by atoms with Crippen LogP contribution in [0.15, 0.2) is 34.9 Å². The summed E-state index contributed by atoms with van der Waals surface area (Å²) in [5, 5.41) is 13.8. The maximum atomic E-state index is 12.0. The molecule has 23 heavy (non-hydrogen) atoms. The lowest BCUT2D eigenvalue weighted by Crippen LogP contribution is -2.30. The van der Waals surface area contributed by atoms with E-state index in [2.05, 4.69) is 18.3 Å². The number of nitrogens with one attached hydrogen (secondary N) is 1. The maximum absolute atomic E-state index is 12.0. The van der Waals surface area contributed by atoms with E-state index in [9.17, 15) is 10.1 Å². The molecule has 122 valence electrons. The van der Waals surface area contributed by atoms with Gasteiger partial charge in [-0.2, -0.15) is 5.26 Å². The zero-order valence-electron chi connectivity index (χ0n) is 13.3. The molecule has 1 aliphatic rings. The van der Waals surface area contributed by atoms with Crippen molar-refractivity contribution in [2.75, 3.05) is 5.75 Å². The SMILES string of the molecule is CCCCCCSC1=C(C#N)C(c2cccc(Cl)c2)CC(=O)N1. The Morgan fingerprint density at radius 2 is 2.22 bits per heavy atom. The van der Waals surface area contributed by atoms with Gasteiger partial charge in [0.2, 0.25) is 5.91 Å². The number of benzene rings is 1. The number of thioether (sulfide) groups is 1. The minimum atomic E-state index is -0.203. The zero-order valence-corrected chi connectivity index (χ0v) is 14.8. The molecule has 1 atom stereocenters. The number of nitrogens with zero attached hydrogens (tertiary/aromatic N) is 1. The fourth-order valence-corrected chi connectivity index (χ4v) is 3.92. The normalized spacial score (nSPS) is 17.8. The second-order valence-corrected chi connectivity index (χ2v) is 7.17. The van der Waals surface area contributed by atoms with Crippen LogP contribution >= 0.6 is 23.4 Å². The molecule has 1 heterocycles. The van der Waals surface area contributed by atoms with Crippen molar-refractivity contribution in [2.24, 2.45) is 0 Å². The molecule has 1 aliphatic heterocycles. The van der Waals surface area contributed by atoms with Gasteiger partial charge in [0.25, 0.3) is 0 Å². The van der Waals surface area contributed by atoms with Crippen LogP contribution in [0.4, 0.5) is 0 Å². The van der Waals surface area contributed by atoms with Crippen LogP contribution in [0.2, 0.25) is 5.02 Å². The van der Waals surface area contributed by atoms with E-state index in [-0.39, 0.29) is 11.8 Å². The summed E-state index contributed by atoms with van der Waals surface area (Å²) in [5.74, 6) is 0.680. The first-order valence-electron chi connectivity index (χ1n) is 7.98. The third kappa shape index (κ3) is 5.02. The first-order chi connectivity index (χ1) is 11.2. The number of hydrogen-bond donors (Lipinski definition) is 1. The van der Waals surface area contributed by atoms with E-state index >= 15 is 0 Å². The first-order valence-corrected chi connectivity index (χ1v) is 9.34. The average molecular weight is 349 g/mol. The summed E-state index contributed by atoms with van der Waals surface area (Å²) in [5.41, 5.74) is 1.57. The van der Waals surface area contributed by atoms with Gasteiger partial charge in [-0.05, 0) is 29.9 Å². The molecule has 0 radical (unpaired) electrons. The zero-order chi connectivity index (χ0) is 16.7. The molecule has 1 aromatic rings. The third-order valence-corrected chi connectivity index (χ3v) is 5.19. The molecule has 1 aromatic carbocycles. The lowest BCUT2D eigenvalue weighted by atomic mass is 9.87. The number of allylic oxidation sites excluding steroid dienone is 1. The molecule has 1 N–H and O–H groups in total. The third-order valence-electron chi connectivity index (χ3n) is 3.85. The number of unbranched alkanes of at least 4 members (excludes halogenated alkanes) is 3. The number of rotatable bonds is 7. The highest BCUT2D eigenvalue weighted by Crippen LogP contribution is 2.36. The van der Waals surface area contributed by atoms with Gasteiger partial charge in [0.05, 0.1) is 16.7 Å². The monoisotopic (exact) mass is 348 g/mol. The molecule has 0 aliphatic carbocycles. The van der Waals surface area contributed by atoms with Crippen LogP contribution < -0.4 is 5.32 Å². The van der Waals surface area contributed by atoms with Gasteiger partial charge in [-0.1, -0.05) is 49.9 Å². The Morgan fingerprint density at radius 1 is 1.39 bits per heavy atom. The second-order valence-electron chi connectivity index (χ2n) is 5.62. The molecule has 0 bridgehead atoms. The molecular formula is C18H21ClN2OS. The molecule has 2 rings (SSSR count). The summed E-state index contributed by atoms with van der Waals surface area (Å²) in [6.07, 6.45) is 5.00. The van der Waals surface area contributed by atoms with Gasteiger partial charge < -0.3 is 5.32 Å². The van der Waals surface area contributed by atoms with Crippen molar-refractivity contribution in [1.82, 2.24) is 5.32 Å². The number of carbonyl (C=O) groups is 1. The Bertz CT molecular complexity index is 636. The lowest BCUT2D eigenvalue weighted by molar-refractivity contribution is -0.120. The molecular weight excluding hydrogens is 328 g/mol. The van der Waals surface area contributed by atoms with Crippen molar-refractivity contribution in [3.05, 3.63) is 45.5 Å². The second kappa shape index (κ2) is 9.00. The smallest absolute Gasteiger partial charge is 0.225 e. The maximum Gasteiger partial charge on any atom is 0.225 e. The van der Waals surface area contributed by atoms with E-state index in [0.29, 0.717) is 22.0 Å². The van der Waals surface area contributed by atoms with Gasteiger partial charge in [-0.25, -0.2) is 0 Å². The number of carbonyl (C=O) groups excluding carboxylic acids is 1. The van der Waals surface area contributed by atoms with Gasteiger partial charge >= 0.3 is 0 Å². The van der Waals surface area contributed by atoms with Gasteiger partial charge in [0.15, 0.2) is 0 Å². The van der Waals surface area contributed by atoms with Crippen LogP contribution in [0.1, 0.15) is 50.5 Å². The number of amides is 1. The summed E-state index contributed by atoms with van der Waals surface area (Å²) in [6, 6.07) is 9.72. The molecule has 0 saturated carbocycles. The molecule has 0 spiro atoms. The molecule has 3 nitrogen and oxygen atoms in total. The fourth-order valence-electron chi connectivity index (χ4n) is 2.64. The van der Waals surface area contributed by atoms with Crippen molar-refractivity contribution >= 4 is 29.3 Å². The number of hydrogen-bond acceptors (Lipinski definition) is 3. The van der Waals surface area contributed by atoms with Gasteiger partial charge in [-0.3, -0.25) is 4.79 Å². The average Bonchev–Trinajstić information content (AvgIpc) is 2.54. The quantitative estimate of drug-likeness (QED) is 0.706. The van der Waals surface area contributed by atoms with E-state index in [4.69, 9.17) is 11.6 Å². The predicted molar refractivity (Wildman–Crippen MR) is 96.2 cm³/mol. The molecule has 0 aromatic heterocycles. The predicted octanol–water partition coefficient (Wildman–Crippen LogP) is 4.99. The van der Waals surface area contributed by atoms with Crippen LogP contribution in [0.5, 0.6) is 0 Å². The lowest BCUT2D eigenvalue weighted by Gasteiger charge is -2.25. The van der Waals surface area contributed by atoms with Gasteiger partial charge in [-0.15, -0.1) is 11.8 Å². The summed E-state index contributed by atoms with van der Waals surface area (Å²) in [7, 11) is 0. The highest BCUT2D eigenvalue weighted by Gasteiger charge is 2.29. The Labute approximate surface area is 147 Å². The topological polar surface area (TPSA) is 52.9 Å². The highest BCUT2D eigenvalue weighted by atomic mass is 35.5. The summed E-state index contributed by atoms with van der Waals surface area (Å²) < 4.78 is 0. The Morgan fingerprint density at radius 3 is 2.91 bits per heavy atom.